The largest absolute Gasteiger partial charge is 0.380 e. The maximum atomic E-state index is 13.3. The number of hydrogen-bond acceptors (Lipinski definition) is 2. The molecule has 1 fully saturated rings. The standard InChI is InChI=1S/C12H12ClFINO2/c1-18-7-2-3-16(6-7)12(17)8-4-11(15)10(14)5-9(8)13/h4-5,7H,2-3,6H2,1H3. The molecule has 1 atom stereocenters. The lowest BCUT2D eigenvalue weighted by Crippen LogP contribution is -2.30. The minimum absolute atomic E-state index is 0.0762. The van der Waals surface area contributed by atoms with E-state index in [2.05, 4.69) is 0 Å². The summed E-state index contributed by atoms with van der Waals surface area (Å²) in [5.74, 6) is -0.578. The summed E-state index contributed by atoms with van der Waals surface area (Å²) in [5, 5.41) is 0.152. The molecular weight excluding hydrogens is 371 g/mol. The molecule has 0 aromatic heterocycles. The van der Waals surface area contributed by atoms with Gasteiger partial charge in [-0.05, 0) is 41.1 Å². The van der Waals surface area contributed by atoms with Crippen molar-refractivity contribution in [3.63, 3.8) is 0 Å². The summed E-state index contributed by atoms with van der Waals surface area (Å²) in [6.07, 6.45) is 0.894. The van der Waals surface area contributed by atoms with Gasteiger partial charge < -0.3 is 9.64 Å². The van der Waals surface area contributed by atoms with E-state index in [1.807, 2.05) is 22.6 Å². The molecule has 2 rings (SSSR count). The van der Waals surface area contributed by atoms with Crippen LogP contribution in [0.15, 0.2) is 12.1 Å². The van der Waals surface area contributed by atoms with Crippen LogP contribution in [0.1, 0.15) is 16.8 Å². The predicted molar refractivity (Wildman–Crippen MR) is 75.4 cm³/mol. The molecule has 0 aliphatic carbocycles. The summed E-state index contributed by atoms with van der Waals surface area (Å²) in [7, 11) is 1.63. The summed E-state index contributed by atoms with van der Waals surface area (Å²) in [6, 6.07) is 2.67. The number of halogens is 3. The second-order valence-corrected chi connectivity index (χ2v) is 5.71. The zero-order chi connectivity index (χ0) is 13.3. The topological polar surface area (TPSA) is 29.5 Å². The van der Waals surface area contributed by atoms with Crippen LogP contribution in [0.2, 0.25) is 5.02 Å². The van der Waals surface area contributed by atoms with Gasteiger partial charge >= 0.3 is 0 Å². The van der Waals surface area contributed by atoms with Gasteiger partial charge in [-0.1, -0.05) is 11.6 Å². The van der Waals surface area contributed by atoms with E-state index in [1.165, 1.54) is 12.1 Å². The normalized spacial score (nSPS) is 19.3. The molecule has 1 saturated heterocycles. The average Bonchev–Trinajstić information content (AvgIpc) is 2.81. The number of methoxy groups -OCH3 is 1. The Kier molecular flexibility index (Phi) is 4.45. The molecule has 1 amide bonds. The van der Waals surface area contributed by atoms with Crippen LogP contribution < -0.4 is 0 Å². The molecule has 1 aliphatic heterocycles. The zero-order valence-electron chi connectivity index (χ0n) is 9.75. The lowest BCUT2D eigenvalue weighted by Gasteiger charge is -2.17. The smallest absolute Gasteiger partial charge is 0.255 e. The van der Waals surface area contributed by atoms with E-state index in [0.29, 0.717) is 22.2 Å². The van der Waals surface area contributed by atoms with E-state index >= 15 is 0 Å². The van der Waals surface area contributed by atoms with Crippen molar-refractivity contribution >= 4 is 40.1 Å². The number of carbonyl (C=O) groups excluding carboxylic acids is 1. The molecule has 0 radical (unpaired) electrons. The predicted octanol–water partition coefficient (Wildman–Crippen LogP) is 2.94. The van der Waals surface area contributed by atoms with Gasteiger partial charge in [-0.25, -0.2) is 4.39 Å². The maximum Gasteiger partial charge on any atom is 0.255 e. The van der Waals surface area contributed by atoms with Crippen LogP contribution in [0.4, 0.5) is 4.39 Å². The first-order valence-corrected chi connectivity index (χ1v) is 6.95. The van der Waals surface area contributed by atoms with E-state index in [0.717, 1.165) is 6.42 Å². The Hall–Kier alpha value is -0.400. The van der Waals surface area contributed by atoms with Crippen molar-refractivity contribution in [2.45, 2.75) is 12.5 Å². The molecule has 1 heterocycles. The van der Waals surface area contributed by atoms with Gasteiger partial charge in [0.1, 0.15) is 5.82 Å². The van der Waals surface area contributed by atoms with Crippen LogP contribution in [0.25, 0.3) is 0 Å². The Morgan fingerprint density at radius 2 is 2.33 bits per heavy atom. The summed E-state index contributed by atoms with van der Waals surface area (Å²) in [4.78, 5) is 13.9. The van der Waals surface area contributed by atoms with Crippen molar-refractivity contribution < 1.29 is 13.9 Å². The van der Waals surface area contributed by atoms with Crippen LogP contribution in [-0.4, -0.2) is 37.1 Å². The SMILES string of the molecule is COC1CCN(C(=O)c2cc(I)c(F)cc2Cl)C1. The molecular formula is C12H12ClFINO2. The Labute approximate surface area is 123 Å². The minimum atomic E-state index is -0.409. The van der Waals surface area contributed by atoms with E-state index in [9.17, 15) is 9.18 Å². The molecule has 1 unspecified atom stereocenters. The summed E-state index contributed by atoms with van der Waals surface area (Å²) in [5.41, 5.74) is 0.346. The second kappa shape index (κ2) is 5.71. The maximum absolute atomic E-state index is 13.3. The molecule has 0 bridgehead atoms. The van der Waals surface area contributed by atoms with Crippen molar-refractivity contribution in [2.75, 3.05) is 20.2 Å². The monoisotopic (exact) mass is 383 g/mol. The number of amides is 1. The fourth-order valence-electron chi connectivity index (χ4n) is 1.96. The highest BCUT2D eigenvalue weighted by Crippen LogP contribution is 2.25. The number of nitrogens with zero attached hydrogens (tertiary/aromatic N) is 1. The number of ether oxygens (including phenoxy) is 1. The summed E-state index contributed by atoms with van der Waals surface area (Å²) < 4.78 is 18.9. The van der Waals surface area contributed by atoms with Gasteiger partial charge in [0.05, 0.1) is 16.7 Å². The molecule has 18 heavy (non-hydrogen) atoms. The minimum Gasteiger partial charge on any atom is -0.380 e. The molecule has 1 aliphatic rings. The van der Waals surface area contributed by atoms with Crippen LogP contribution >= 0.6 is 34.2 Å². The van der Waals surface area contributed by atoms with Crippen molar-refractivity contribution in [3.05, 3.63) is 32.1 Å². The first kappa shape index (κ1) is 14.0. The van der Waals surface area contributed by atoms with Crippen LogP contribution in [0.3, 0.4) is 0 Å². The highest BCUT2D eigenvalue weighted by molar-refractivity contribution is 14.1. The number of benzene rings is 1. The van der Waals surface area contributed by atoms with Gasteiger partial charge in [0.15, 0.2) is 0 Å². The Bertz CT molecular complexity index is 483. The van der Waals surface area contributed by atoms with Crippen molar-refractivity contribution in [2.24, 2.45) is 0 Å². The highest BCUT2D eigenvalue weighted by Gasteiger charge is 2.28. The third-order valence-electron chi connectivity index (χ3n) is 3.01. The summed E-state index contributed by atoms with van der Waals surface area (Å²) in [6.45, 7) is 1.20. The quantitative estimate of drug-likeness (QED) is 0.580. The number of likely N-dealkylation sites (tertiary alicyclic amines) is 1. The van der Waals surface area contributed by atoms with Gasteiger partial charge in [0.2, 0.25) is 0 Å². The van der Waals surface area contributed by atoms with E-state index in [1.54, 1.807) is 12.0 Å². The van der Waals surface area contributed by atoms with Crippen LogP contribution in [-0.2, 0) is 4.74 Å². The molecule has 1 aromatic carbocycles. The van der Waals surface area contributed by atoms with Crippen LogP contribution in [0.5, 0.6) is 0 Å². The summed E-state index contributed by atoms with van der Waals surface area (Å²) >= 11 is 7.77. The number of carbonyl (C=O) groups is 1. The van der Waals surface area contributed by atoms with E-state index in [4.69, 9.17) is 16.3 Å². The Morgan fingerprint density at radius 3 is 2.94 bits per heavy atom. The Balaban J connectivity index is 2.22. The van der Waals surface area contributed by atoms with E-state index < -0.39 is 5.82 Å². The third-order valence-corrected chi connectivity index (χ3v) is 4.15. The fourth-order valence-corrected chi connectivity index (χ4v) is 2.66. The number of rotatable bonds is 2. The first-order chi connectivity index (χ1) is 8.52. The molecule has 0 N–H and O–H groups in total. The molecule has 0 saturated carbocycles. The fraction of sp³-hybridized carbons (Fsp3) is 0.417. The first-order valence-electron chi connectivity index (χ1n) is 5.49. The van der Waals surface area contributed by atoms with Gasteiger partial charge in [0, 0.05) is 23.8 Å². The lowest BCUT2D eigenvalue weighted by molar-refractivity contribution is 0.0724. The Morgan fingerprint density at radius 1 is 1.61 bits per heavy atom. The second-order valence-electron chi connectivity index (χ2n) is 4.14. The lowest BCUT2D eigenvalue weighted by atomic mass is 10.2. The van der Waals surface area contributed by atoms with Gasteiger partial charge in [-0.2, -0.15) is 0 Å². The molecule has 0 spiro atoms. The zero-order valence-corrected chi connectivity index (χ0v) is 12.7. The average molecular weight is 384 g/mol. The highest BCUT2D eigenvalue weighted by atomic mass is 127. The third kappa shape index (κ3) is 2.78. The van der Waals surface area contributed by atoms with Gasteiger partial charge in [-0.3, -0.25) is 4.79 Å². The molecule has 98 valence electrons. The van der Waals surface area contributed by atoms with E-state index in [-0.39, 0.29) is 17.0 Å². The number of hydrogen-bond donors (Lipinski definition) is 0. The molecule has 1 aromatic rings. The van der Waals surface area contributed by atoms with Crippen molar-refractivity contribution in [3.8, 4) is 0 Å². The van der Waals surface area contributed by atoms with Gasteiger partial charge in [0.25, 0.3) is 5.91 Å². The van der Waals surface area contributed by atoms with Gasteiger partial charge in [-0.15, -0.1) is 0 Å². The molecule has 3 nitrogen and oxygen atoms in total. The molecule has 6 heteroatoms. The van der Waals surface area contributed by atoms with Crippen molar-refractivity contribution in [1.82, 2.24) is 4.90 Å². The van der Waals surface area contributed by atoms with Crippen LogP contribution in [0, 0.1) is 9.39 Å². The van der Waals surface area contributed by atoms with Crippen molar-refractivity contribution in [1.29, 1.82) is 0 Å².